The molecule has 0 saturated heterocycles. The molecule has 2 aliphatic heterocycles. The number of oxime groups is 1. The second-order valence-electron chi connectivity index (χ2n) is 5.90. The van der Waals surface area contributed by atoms with Gasteiger partial charge < -0.3 is 14.9 Å². The summed E-state index contributed by atoms with van der Waals surface area (Å²) in [7, 11) is 0. The topological polar surface area (TPSA) is 59.9 Å². The van der Waals surface area contributed by atoms with Crippen LogP contribution in [0.5, 0.6) is 5.75 Å². The third kappa shape index (κ3) is 2.86. The molecule has 5 heteroatoms. The smallest absolute Gasteiger partial charge is 0.267 e. The molecule has 0 saturated carbocycles. The number of ether oxygens (including phenoxy) is 1. The van der Waals surface area contributed by atoms with Gasteiger partial charge in [-0.2, -0.15) is 0 Å². The van der Waals surface area contributed by atoms with Gasteiger partial charge in [-0.1, -0.05) is 17.3 Å². The molecular weight excluding hydrogens is 268 g/mol. The highest BCUT2D eigenvalue weighted by molar-refractivity contribution is 5.94. The minimum atomic E-state index is -0.874. The molecule has 0 aliphatic carbocycles. The van der Waals surface area contributed by atoms with Crippen LogP contribution in [-0.4, -0.2) is 23.8 Å². The van der Waals surface area contributed by atoms with Crippen LogP contribution >= 0.6 is 0 Å². The number of amides is 1. The Morgan fingerprint density at radius 3 is 3.10 bits per heavy atom. The molecule has 21 heavy (non-hydrogen) atoms. The lowest BCUT2D eigenvalue weighted by Gasteiger charge is -2.21. The summed E-state index contributed by atoms with van der Waals surface area (Å²) in [6.07, 6.45) is 2.62. The van der Waals surface area contributed by atoms with E-state index in [9.17, 15) is 4.79 Å². The van der Waals surface area contributed by atoms with E-state index in [2.05, 4.69) is 16.5 Å². The highest BCUT2D eigenvalue weighted by atomic mass is 16.7. The molecule has 1 N–H and O–H groups in total. The lowest BCUT2D eigenvalue weighted by atomic mass is 9.99. The monoisotopic (exact) mass is 288 g/mol. The van der Waals surface area contributed by atoms with Crippen molar-refractivity contribution in [2.24, 2.45) is 5.16 Å². The first kappa shape index (κ1) is 13.9. The zero-order valence-corrected chi connectivity index (χ0v) is 12.4. The average molecular weight is 288 g/mol. The van der Waals surface area contributed by atoms with Crippen LogP contribution in [-0.2, 0) is 22.6 Å². The van der Waals surface area contributed by atoms with Gasteiger partial charge in [-0.25, -0.2) is 0 Å². The van der Waals surface area contributed by atoms with Crippen LogP contribution in [0.2, 0.25) is 0 Å². The predicted molar refractivity (Wildman–Crippen MR) is 79.3 cm³/mol. The number of nitrogens with one attached hydrogen (secondary N) is 1. The van der Waals surface area contributed by atoms with Crippen molar-refractivity contribution in [2.75, 3.05) is 6.61 Å². The molecule has 2 heterocycles. The molecule has 0 bridgehead atoms. The van der Waals surface area contributed by atoms with Crippen molar-refractivity contribution in [3.63, 3.8) is 0 Å². The van der Waals surface area contributed by atoms with Gasteiger partial charge in [0.05, 0.1) is 12.3 Å². The van der Waals surface area contributed by atoms with E-state index in [1.54, 1.807) is 6.92 Å². The van der Waals surface area contributed by atoms with Crippen molar-refractivity contribution >= 4 is 11.6 Å². The second kappa shape index (κ2) is 5.39. The van der Waals surface area contributed by atoms with Gasteiger partial charge in [-0.15, -0.1) is 0 Å². The molecule has 1 amide bonds. The van der Waals surface area contributed by atoms with E-state index in [1.807, 2.05) is 19.1 Å². The van der Waals surface area contributed by atoms with E-state index in [1.165, 1.54) is 5.56 Å². The van der Waals surface area contributed by atoms with Gasteiger partial charge in [0, 0.05) is 13.0 Å². The van der Waals surface area contributed by atoms with Crippen LogP contribution in [0.4, 0.5) is 0 Å². The summed E-state index contributed by atoms with van der Waals surface area (Å²) in [6, 6.07) is 6.08. The molecule has 0 radical (unpaired) electrons. The number of aryl methyl sites for hydroxylation is 1. The fraction of sp³-hybridized carbons (Fsp3) is 0.500. The summed E-state index contributed by atoms with van der Waals surface area (Å²) in [4.78, 5) is 17.5. The van der Waals surface area contributed by atoms with Crippen LogP contribution in [0.3, 0.4) is 0 Å². The highest BCUT2D eigenvalue weighted by Crippen LogP contribution is 2.26. The van der Waals surface area contributed by atoms with Gasteiger partial charge in [0.25, 0.3) is 5.91 Å². The third-order valence-corrected chi connectivity index (χ3v) is 3.90. The van der Waals surface area contributed by atoms with Crippen LogP contribution in [0, 0.1) is 0 Å². The maximum Gasteiger partial charge on any atom is 0.267 e. The van der Waals surface area contributed by atoms with Crippen molar-refractivity contribution in [2.45, 2.75) is 45.3 Å². The molecule has 1 atom stereocenters. The normalized spacial score (nSPS) is 23.6. The number of carbonyl (C=O) groups is 1. The fourth-order valence-electron chi connectivity index (χ4n) is 2.75. The zero-order chi connectivity index (χ0) is 14.9. The summed E-state index contributed by atoms with van der Waals surface area (Å²) in [5.74, 6) is 0.837. The van der Waals surface area contributed by atoms with Gasteiger partial charge >= 0.3 is 0 Å². The number of carbonyl (C=O) groups excluding carboxylic acids is 1. The summed E-state index contributed by atoms with van der Waals surface area (Å²) >= 11 is 0. The third-order valence-electron chi connectivity index (χ3n) is 3.90. The van der Waals surface area contributed by atoms with Crippen LogP contribution in [0.1, 0.15) is 37.8 Å². The number of fused-ring (bicyclic) bond motifs is 1. The first-order valence-corrected chi connectivity index (χ1v) is 7.31. The largest absolute Gasteiger partial charge is 0.493 e. The molecule has 1 aromatic carbocycles. The van der Waals surface area contributed by atoms with Crippen molar-refractivity contribution in [3.8, 4) is 5.75 Å². The Balaban J connectivity index is 1.61. The average Bonchev–Trinajstić information content (AvgIpc) is 2.85. The summed E-state index contributed by atoms with van der Waals surface area (Å²) < 4.78 is 5.59. The Morgan fingerprint density at radius 1 is 1.48 bits per heavy atom. The van der Waals surface area contributed by atoms with Crippen LogP contribution in [0.25, 0.3) is 0 Å². The van der Waals surface area contributed by atoms with Gasteiger partial charge in [-0.3, -0.25) is 4.79 Å². The van der Waals surface area contributed by atoms with Crippen molar-refractivity contribution in [1.29, 1.82) is 0 Å². The molecule has 3 rings (SSSR count). The fourth-order valence-corrected chi connectivity index (χ4v) is 2.75. The number of nitrogens with zero attached hydrogens (tertiary/aromatic N) is 1. The van der Waals surface area contributed by atoms with Crippen LogP contribution in [0.15, 0.2) is 23.4 Å². The minimum absolute atomic E-state index is 0.128. The quantitative estimate of drug-likeness (QED) is 0.927. The molecule has 0 fully saturated rings. The highest BCUT2D eigenvalue weighted by Gasteiger charge is 2.40. The lowest BCUT2D eigenvalue weighted by Crippen LogP contribution is -2.44. The van der Waals surface area contributed by atoms with Crippen LogP contribution < -0.4 is 10.1 Å². The van der Waals surface area contributed by atoms with Gasteiger partial charge in [0.15, 0.2) is 0 Å². The van der Waals surface area contributed by atoms with E-state index >= 15 is 0 Å². The molecular formula is C16H20N2O3. The minimum Gasteiger partial charge on any atom is -0.493 e. The van der Waals surface area contributed by atoms with E-state index in [0.29, 0.717) is 13.0 Å². The summed E-state index contributed by atoms with van der Waals surface area (Å²) in [6.45, 7) is 4.91. The predicted octanol–water partition coefficient (Wildman–Crippen LogP) is 2.18. The van der Waals surface area contributed by atoms with Crippen molar-refractivity contribution in [3.05, 3.63) is 29.3 Å². The Kier molecular flexibility index (Phi) is 3.57. The lowest BCUT2D eigenvalue weighted by molar-refractivity contribution is -0.141. The van der Waals surface area contributed by atoms with E-state index < -0.39 is 5.60 Å². The first-order valence-electron chi connectivity index (χ1n) is 7.31. The Morgan fingerprint density at radius 2 is 2.33 bits per heavy atom. The number of hydrogen-bond donors (Lipinski definition) is 1. The molecule has 2 aliphatic rings. The van der Waals surface area contributed by atoms with E-state index in [0.717, 1.165) is 36.5 Å². The number of rotatable bonds is 3. The van der Waals surface area contributed by atoms with Gasteiger partial charge in [-0.05, 0) is 43.9 Å². The van der Waals surface area contributed by atoms with Gasteiger partial charge in [0.1, 0.15) is 5.75 Å². The molecule has 0 aromatic heterocycles. The Hall–Kier alpha value is -2.04. The van der Waals surface area contributed by atoms with Crippen molar-refractivity contribution < 1.29 is 14.4 Å². The molecule has 5 nitrogen and oxygen atoms in total. The van der Waals surface area contributed by atoms with Gasteiger partial charge in [0.2, 0.25) is 5.60 Å². The van der Waals surface area contributed by atoms with Crippen molar-refractivity contribution in [1.82, 2.24) is 5.32 Å². The first-order chi connectivity index (χ1) is 10.1. The Bertz CT molecular complexity index is 597. The molecule has 0 unspecified atom stereocenters. The summed E-state index contributed by atoms with van der Waals surface area (Å²) in [5, 5.41) is 6.79. The maximum absolute atomic E-state index is 12.2. The molecule has 0 spiro atoms. The zero-order valence-electron chi connectivity index (χ0n) is 12.4. The standard InChI is InChI=1S/C16H20N2O3/c1-11-9-16(2,21-18-11)15(19)17-10-12-5-6-14-13(8-12)4-3-7-20-14/h5-6,8H,3-4,7,9-10H2,1-2H3,(H,17,19)/t16-/m0/s1. The number of hydrogen-bond acceptors (Lipinski definition) is 4. The van der Waals surface area contributed by atoms with E-state index in [4.69, 9.17) is 9.57 Å². The molecule has 1 aromatic rings. The molecule has 112 valence electrons. The Labute approximate surface area is 124 Å². The van der Waals surface area contributed by atoms with E-state index in [-0.39, 0.29) is 5.91 Å². The summed E-state index contributed by atoms with van der Waals surface area (Å²) in [5.41, 5.74) is 2.27. The SMILES string of the molecule is CC1=NO[C@](C)(C(=O)NCc2ccc3c(c2)CCCO3)C1. The number of benzene rings is 1. The second-order valence-corrected chi connectivity index (χ2v) is 5.90. The maximum atomic E-state index is 12.2.